The first-order valence-corrected chi connectivity index (χ1v) is 48.2. The SMILES string of the molecule is CCCC[C@H]1C(=O)N(C)[C@@H](CCCC)C(=O)N[C@@H](CC(=O)O)C(=O)N[C@H](C(=O)NCC(=O)O)CSCC(=O)N[C@@H](Cc2ccc(O)cc2)C(=O)N(C)[C@@H](C)C(=O)N[C@H](CC(=O)O)C(=O)N2CCC[C@H]2C(=O)N[C@@H](Cc2cnc[nH]2)C(=O)N[C@@H](CCCCN)C(=O)N2C[C@H](O)C[C@H]2C(=O)N[C@@H](Cc2c[nH]c3ccccc23)C(=O)N[C@@H](CCCCN)C(=O)N[C@@H](Cc2cn(CC(=O)O)c3ccccc23)C(=O)N1C. The van der Waals surface area contributed by atoms with Crippen molar-refractivity contribution < 1.29 is 122 Å². The van der Waals surface area contributed by atoms with Gasteiger partial charge in [0.2, 0.25) is 88.6 Å². The maximum atomic E-state index is 16.1. The summed E-state index contributed by atoms with van der Waals surface area (Å²) in [7, 11) is 3.67. The van der Waals surface area contributed by atoms with Gasteiger partial charge in [0.15, 0.2) is 0 Å². The molecule has 6 aromatic rings. The molecule has 47 heteroatoms. The van der Waals surface area contributed by atoms with Crippen LogP contribution in [0.4, 0.5) is 0 Å². The van der Waals surface area contributed by atoms with Crippen molar-refractivity contribution in [2.75, 3.05) is 65.4 Å². The molecule has 141 heavy (non-hydrogen) atoms. The minimum atomic E-state index is -2.08. The molecular formula is C94H129N21O25S. The van der Waals surface area contributed by atoms with Gasteiger partial charge in [-0.3, -0.25) is 91.1 Å². The Morgan fingerprint density at radius 1 is 0.504 bits per heavy atom. The summed E-state index contributed by atoms with van der Waals surface area (Å²) in [6, 6.07) is -4.35. The smallest absolute Gasteiger partial charge is 0.323 e. The van der Waals surface area contributed by atoms with Crippen molar-refractivity contribution >= 4 is 146 Å². The van der Waals surface area contributed by atoms with Crippen LogP contribution >= 0.6 is 11.8 Å². The molecule has 9 rings (SSSR count). The summed E-state index contributed by atoms with van der Waals surface area (Å²) in [5.74, 6) is -22.9. The number of carboxylic acid groups (broad SMARTS) is 4. The van der Waals surface area contributed by atoms with Crippen LogP contribution in [0.1, 0.15) is 152 Å². The normalized spacial score (nSPS) is 24.2. The second-order valence-corrected chi connectivity index (χ2v) is 36.6. The topological polar surface area (TPSA) is 684 Å². The highest BCUT2D eigenvalue weighted by Crippen LogP contribution is 2.29. The Hall–Kier alpha value is -14.1. The zero-order valence-corrected chi connectivity index (χ0v) is 80.4. The van der Waals surface area contributed by atoms with Crippen molar-refractivity contribution in [3.05, 3.63) is 120 Å². The quantitative estimate of drug-likeness (QED) is 0.0215. The number of thioether (sulfide) groups is 1. The number of aromatic hydroxyl groups is 1. The van der Waals surface area contributed by atoms with E-state index in [0.717, 1.165) is 31.5 Å². The largest absolute Gasteiger partial charge is 0.508 e. The number of hydrogen-bond donors (Lipinski definition) is 20. The number of carbonyl (C=O) groups excluding carboxylic acids is 15. The van der Waals surface area contributed by atoms with E-state index in [1.165, 1.54) is 68.6 Å². The predicted octanol–water partition coefficient (Wildman–Crippen LogP) is -1.74. The number of aromatic amines is 2. The third kappa shape index (κ3) is 31.2. The van der Waals surface area contributed by atoms with Crippen molar-refractivity contribution in [3.63, 3.8) is 0 Å². The van der Waals surface area contributed by atoms with Crippen LogP contribution in [-0.4, -0.2) is 343 Å². The molecule has 0 aliphatic carbocycles. The van der Waals surface area contributed by atoms with E-state index < -0.39 is 260 Å². The van der Waals surface area contributed by atoms with Crippen molar-refractivity contribution in [2.24, 2.45) is 11.5 Å². The van der Waals surface area contributed by atoms with E-state index in [0.29, 0.717) is 69.5 Å². The molecule has 0 bridgehead atoms. The fourth-order valence-corrected chi connectivity index (χ4v) is 18.3. The van der Waals surface area contributed by atoms with Gasteiger partial charge in [-0.05, 0) is 125 Å². The van der Waals surface area contributed by atoms with Crippen LogP contribution < -0.4 is 64.6 Å². The van der Waals surface area contributed by atoms with Crippen LogP contribution in [0.15, 0.2) is 97.7 Å². The number of carbonyl (C=O) groups is 19. The van der Waals surface area contributed by atoms with Crippen LogP contribution in [0.2, 0.25) is 0 Å². The van der Waals surface area contributed by atoms with Crippen LogP contribution in [0.25, 0.3) is 21.8 Å². The van der Waals surface area contributed by atoms with Crippen LogP contribution in [-0.2, 0) is 123 Å². The summed E-state index contributed by atoms with van der Waals surface area (Å²) in [4.78, 5) is 291. The molecule has 15 amide bonds. The summed E-state index contributed by atoms with van der Waals surface area (Å²) in [5.41, 5.74) is 14.5. The van der Waals surface area contributed by atoms with Gasteiger partial charge >= 0.3 is 23.9 Å². The number of aliphatic hydroxyl groups excluding tert-OH is 1. The molecule has 0 spiro atoms. The fourth-order valence-electron chi connectivity index (χ4n) is 17.4. The van der Waals surface area contributed by atoms with Crippen LogP contribution in [0, 0.1) is 0 Å². The molecule has 3 saturated heterocycles. The predicted molar refractivity (Wildman–Crippen MR) is 510 cm³/mol. The molecule has 0 radical (unpaired) electrons. The minimum Gasteiger partial charge on any atom is -0.508 e. The van der Waals surface area contributed by atoms with Gasteiger partial charge in [-0.2, -0.15) is 0 Å². The number of phenolic OH excluding ortho intramolecular Hbond substituents is 1. The first-order chi connectivity index (χ1) is 67.2. The summed E-state index contributed by atoms with van der Waals surface area (Å²) < 4.78 is 1.41. The average molecular weight is 1990 g/mol. The Kier molecular flexibility index (Phi) is 41.8. The lowest BCUT2D eigenvalue weighted by atomic mass is 9.99. The fraction of sp³-hybridized carbons (Fsp3) is 0.532. The van der Waals surface area contributed by atoms with Crippen molar-refractivity contribution in [1.29, 1.82) is 0 Å². The first kappa shape index (κ1) is 111. The summed E-state index contributed by atoms with van der Waals surface area (Å²) in [5, 5.41) is 89.0. The van der Waals surface area contributed by atoms with Gasteiger partial charge < -0.3 is 134 Å². The number of nitrogens with two attached hydrogens (primary N) is 2. The molecule has 22 N–H and O–H groups in total. The van der Waals surface area contributed by atoms with E-state index >= 15 is 38.4 Å². The maximum absolute atomic E-state index is 16.1. The number of amides is 15. The number of benzene rings is 3. The molecule has 0 saturated carbocycles. The number of imidazole rings is 1. The average Bonchev–Trinajstić information content (AvgIpc) is 1.72. The molecule has 0 unspecified atom stereocenters. The third-order valence-electron chi connectivity index (χ3n) is 25.2. The van der Waals surface area contributed by atoms with E-state index in [1.807, 2.05) is 0 Å². The number of rotatable bonds is 31. The van der Waals surface area contributed by atoms with E-state index in [2.05, 4.69) is 68.1 Å². The molecular weight excluding hydrogens is 1860 g/mol. The van der Waals surface area contributed by atoms with Gasteiger partial charge in [0.25, 0.3) is 0 Å². The highest BCUT2D eigenvalue weighted by molar-refractivity contribution is 8.00. The van der Waals surface area contributed by atoms with E-state index in [1.54, 1.807) is 68.6 Å². The Morgan fingerprint density at radius 2 is 1.05 bits per heavy atom. The Balaban J connectivity index is 1.13. The molecule has 46 nitrogen and oxygen atoms in total. The lowest BCUT2D eigenvalue weighted by Crippen LogP contribution is -2.61. The van der Waals surface area contributed by atoms with Crippen LogP contribution in [0.5, 0.6) is 5.75 Å². The highest BCUT2D eigenvalue weighted by Gasteiger charge is 2.47. The number of phenols is 1. The number of H-pyrrole nitrogens is 2. The standard InChI is InChI=1S/C94H129N21O25S/c1-7-9-25-72-87(133)106-66(41-77(119)120)86(132)109-70(82(128)99-45-79(123)124)49-141-50-76(118)101-67(36-53-29-31-57(116)32-30-53)90(136)110(4)52(3)81(127)107-69(42-78(121)122)93(139)114-35-19-28-73(114)88(134)105-65(39-56-44-97-51-100-56)85(131)103-63(24-16-18-34-96)92(138)115-47-58(117)40-75(115)89(135)104-64(37-54-43-98-61-22-13-11-20-59(54)61)84(130)102-62(23-15-17-33-95)83(129)108-68(91(137)112(6)74(26-10-8-2)94(140)111(72)5)38-55-46-113(48-80(125)126)71-27-14-12-21-60(55)71/h11-14,20-22,27,29-32,43-44,46,51-52,58,62-70,72-75,98,116-117H,7-10,15-19,23-26,28,33-42,45,47-50,95-96H2,1-6H3,(H,97,100)(H,99,128)(H,101,118)(H,102,130)(H,103,131)(H,104,135)(H,105,134)(H,106,133)(H,107,127)(H,108,129)(H,109,132)(H,119,120)(H,121,122)(H,123,124)(H,125,126)/t52-,58+,62-,63-,64-,65-,66-,67-,68-,69+,70-,72-,73-,74-,75-/m0/s1. The lowest BCUT2D eigenvalue weighted by molar-refractivity contribution is -0.149. The van der Waals surface area contributed by atoms with E-state index in [9.17, 15) is 83.4 Å². The molecule has 6 heterocycles. The molecule has 3 aromatic carbocycles. The Bertz CT molecular complexity index is 5440. The van der Waals surface area contributed by atoms with Gasteiger partial charge in [-0.25, -0.2) is 4.98 Å². The second kappa shape index (κ2) is 53.3. The zero-order valence-electron chi connectivity index (χ0n) is 79.5. The van der Waals surface area contributed by atoms with Crippen molar-refractivity contribution in [1.82, 2.24) is 97.2 Å². The van der Waals surface area contributed by atoms with Crippen molar-refractivity contribution in [2.45, 2.75) is 253 Å². The molecule has 3 aliphatic rings. The van der Waals surface area contributed by atoms with Crippen molar-refractivity contribution in [3.8, 4) is 5.75 Å². The number of aromatic nitrogens is 4. The number of unbranched alkanes of at least 4 members (excludes halogenated alkanes) is 4. The number of aliphatic carboxylic acids is 4. The number of hydrogen-bond acceptors (Lipinski definition) is 25. The monoisotopic (exact) mass is 1980 g/mol. The Labute approximate surface area is 816 Å². The molecule has 3 fully saturated rings. The Morgan fingerprint density at radius 3 is 1.69 bits per heavy atom. The van der Waals surface area contributed by atoms with Gasteiger partial charge in [0.1, 0.15) is 103 Å². The second-order valence-electron chi connectivity index (χ2n) is 35.5. The number of nitrogens with one attached hydrogen (secondary N) is 12. The van der Waals surface area contributed by atoms with E-state index in [-0.39, 0.29) is 121 Å². The molecule has 3 aromatic heterocycles. The lowest BCUT2D eigenvalue weighted by Gasteiger charge is -2.36. The van der Waals surface area contributed by atoms with Crippen LogP contribution in [0.3, 0.4) is 0 Å². The zero-order chi connectivity index (χ0) is 103. The summed E-state index contributed by atoms with van der Waals surface area (Å²) in [6.45, 7) is 2.70. The van der Waals surface area contributed by atoms with Gasteiger partial charge in [-0.15, -0.1) is 11.8 Å². The van der Waals surface area contributed by atoms with E-state index in [4.69, 9.17) is 11.5 Å². The summed E-state index contributed by atoms with van der Waals surface area (Å²) in [6.07, 6.45) is 1.84. The number of carboxylic acids is 4. The number of fused-ring (bicyclic) bond motifs is 4. The number of aliphatic hydroxyl groups is 1. The molecule has 3 aliphatic heterocycles. The van der Waals surface area contributed by atoms with Gasteiger partial charge in [0, 0.05) is 118 Å². The van der Waals surface area contributed by atoms with Gasteiger partial charge in [0.05, 0.1) is 31.0 Å². The molecule has 15 atom stereocenters. The maximum Gasteiger partial charge on any atom is 0.323 e. The number of likely N-dealkylation sites (N-methyl/N-ethyl adjacent to an activating group) is 3. The number of nitrogens with zero attached hydrogens (tertiary/aromatic N) is 7. The first-order valence-electron chi connectivity index (χ1n) is 47.1. The molecule has 766 valence electrons. The van der Waals surface area contributed by atoms with Gasteiger partial charge in [-0.1, -0.05) is 88.1 Å². The third-order valence-corrected chi connectivity index (χ3v) is 26.2. The number of para-hydroxylation sites is 2. The minimum absolute atomic E-state index is 0.0774. The highest BCUT2D eigenvalue weighted by atomic mass is 32.2. The summed E-state index contributed by atoms with van der Waals surface area (Å²) >= 11 is 0.629.